The van der Waals surface area contributed by atoms with E-state index in [-0.39, 0.29) is 12.1 Å². The van der Waals surface area contributed by atoms with Crippen molar-refractivity contribution in [1.29, 1.82) is 0 Å². The third-order valence-corrected chi connectivity index (χ3v) is 3.45. The minimum absolute atomic E-state index is 0.200. The van der Waals surface area contributed by atoms with E-state index in [1.54, 1.807) is 20.8 Å². The molecule has 0 aliphatic carbocycles. The molecule has 1 fully saturated rings. The van der Waals surface area contributed by atoms with Crippen LogP contribution in [0.15, 0.2) is 18.2 Å². The molecule has 1 aromatic rings. The van der Waals surface area contributed by atoms with Crippen LogP contribution < -0.4 is 5.32 Å². The Morgan fingerprint density at radius 2 is 2.00 bits per heavy atom. The summed E-state index contributed by atoms with van der Waals surface area (Å²) in [5.74, 6) is -1.95. The first-order valence-corrected chi connectivity index (χ1v) is 6.16. The molecule has 0 radical (unpaired) electrons. The molecule has 1 saturated heterocycles. The molecule has 2 rings (SSSR count). The summed E-state index contributed by atoms with van der Waals surface area (Å²) in [5, 5.41) is 2.20. The zero-order chi connectivity index (χ0) is 15.1. The molecule has 0 atom stereocenters. The molecule has 0 spiro atoms. The normalized spacial score (nSPS) is 17.9. The molecular formula is C14H15FN2O3. The van der Waals surface area contributed by atoms with E-state index in [9.17, 15) is 18.8 Å². The van der Waals surface area contributed by atoms with Crippen LogP contribution in [0, 0.1) is 12.7 Å². The molecule has 0 bridgehead atoms. The van der Waals surface area contributed by atoms with Crippen molar-refractivity contribution in [1.82, 2.24) is 10.2 Å². The van der Waals surface area contributed by atoms with Crippen molar-refractivity contribution in [3.8, 4) is 0 Å². The second-order valence-corrected chi connectivity index (χ2v) is 5.29. The summed E-state index contributed by atoms with van der Waals surface area (Å²) in [7, 11) is 0. The van der Waals surface area contributed by atoms with Crippen LogP contribution in [0.2, 0.25) is 0 Å². The Labute approximate surface area is 115 Å². The van der Waals surface area contributed by atoms with Gasteiger partial charge in [-0.25, -0.2) is 4.39 Å². The first-order chi connectivity index (χ1) is 9.23. The molecule has 1 aliphatic rings. The van der Waals surface area contributed by atoms with Crippen LogP contribution >= 0.6 is 0 Å². The van der Waals surface area contributed by atoms with Crippen LogP contribution in [0.25, 0.3) is 0 Å². The fourth-order valence-corrected chi connectivity index (χ4v) is 2.12. The van der Waals surface area contributed by atoms with Gasteiger partial charge in [-0.1, -0.05) is 0 Å². The summed E-state index contributed by atoms with van der Waals surface area (Å²) in [4.78, 5) is 37.0. The fraction of sp³-hybridized carbons (Fsp3) is 0.357. The highest BCUT2D eigenvalue weighted by atomic mass is 19.1. The molecular weight excluding hydrogens is 263 g/mol. The van der Waals surface area contributed by atoms with Crippen LogP contribution in [0.4, 0.5) is 4.39 Å². The number of hydrogen-bond acceptors (Lipinski definition) is 3. The Morgan fingerprint density at radius 3 is 2.60 bits per heavy atom. The van der Waals surface area contributed by atoms with Gasteiger partial charge in [0, 0.05) is 5.56 Å². The summed E-state index contributed by atoms with van der Waals surface area (Å²) in [6, 6.07) is 3.78. The number of rotatable bonds is 1. The third-order valence-electron chi connectivity index (χ3n) is 3.45. The molecule has 1 aromatic carbocycles. The Bertz CT molecular complexity index is 610. The van der Waals surface area contributed by atoms with Crippen LogP contribution in [-0.2, 0) is 9.59 Å². The monoisotopic (exact) mass is 278 g/mol. The van der Waals surface area contributed by atoms with E-state index < -0.39 is 29.1 Å². The lowest BCUT2D eigenvalue weighted by atomic mass is 9.96. The number of halogens is 1. The molecule has 0 unspecified atom stereocenters. The van der Waals surface area contributed by atoms with Gasteiger partial charge in [-0.15, -0.1) is 0 Å². The number of hydrogen-bond donors (Lipinski definition) is 1. The first kappa shape index (κ1) is 14.2. The van der Waals surface area contributed by atoms with Gasteiger partial charge < -0.3 is 4.90 Å². The molecule has 0 aromatic heterocycles. The number of nitrogens with zero attached hydrogens (tertiary/aromatic N) is 1. The van der Waals surface area contributed by atoms with Crippen LogP contribution in [0.1, 0.15) is 29.8 Å². The predicted molar refractivity (Wildman–Crippen MR) is 69.4 cm³/mol. The van der Waals surface area contributed by atoms with Gasteiger partial charge in [-0.3, -0.25) is 19.7 Å². The number of nitrogens with one attached hydrogen (secondary N) is 1. The van der Waals surface area contributed by atoms with Crippen molar-refractivity contribution < 1.29 is 18.8 Å². The van der Waals surface area contributed by atoms with Crippen LogP contribution in [0.3, 0.4) is 0 Å². The maximum absolute atomic E-state index is 13.1. The summed E-state index contributed by atoms with van der Waals surface area (Å²) < 4.78 is 13.1. The molecule has 3 amide bonds. The van der Waals surface area contributed by atoms with Gasteiger partial charge in [0.05, 0.1) is 0 Å². The molecule has 6 heteroatoms. The second-order valence-electron chi connectivity index (χ2n) is 5.29. The van der Waals surface area contributed by atoms with Crippen molar-refractivity contribution in [2.24, 2.45) is 0 Å². The number of carbonyl (C=O) groups excluding carboxylic acids is 3. The molecule has 1 aliphatic heterocycles. The van der Waals surface area contributed by atoms with Gasteiger partial charge >= 0.3 is 0 Å². The fourth-order valence-electron chi connectivity index (χ4n) is 2.12. The lowest BCUT2D eigenvalue weighted by Crippen LogP contribution is -2.65. The standard InChI is InChI=1S/C14H15FN2O3/c1-8-6-9(15)4-5-10(8)12(19)17-7-11(18)16-13(20)14(17,2)3/h4-6H,7H2,1-3H3,(H,16,18,20). The SMILES string of the molecule is Cc1cc(F)ccc1C(=O)N1CC(=O)NC(=O)C1(C)C. The van der Waals surface area contributed by atoms with E-state index in [0.29, 0.717) is 5.56 Å². The average Bonchev–Trinajstić information content (AvgIpc) is 2.33. The van der Waals surface area contributed by atoms with Crippen molar-refractivity contribution in [2.75, 3.05) is 6.54 Å². The first-order valence-electron chi connectivity index (χ1n) is 6.16. The number of amides is 3. The quantitative estimate of drug-likeness (QED) is 0.780. The third kappa shape index (κ3) is 2.29. The average molecular weight is 278 g/mol. The molecule has 1 N–H and O–H groups in total. The maximum atomic E-state index is 13.1. The second kappa shape index (κ2) is 4.70. The molecule has 1 heterocycles. The number of piperazine rings is 1. The lowest BCUT2D eigenvalue weighted by Gasteiger charge is -2.40. The highest BCUT2D eigenvalue weighted by molar-refractivity contribution is 6.09. The zero-order valence-electron chi connectivity index (χ0n) is 11.5. The number of benzene rings is 1. The van der Waals surface area contributed by atoms with Gasteiger partial charge in [0.25, 0.3) is 11.8 Å². The molecule has 106 valence electrons. The van der Waals surface area contributed by atoms with Crippen LogP contribution in [-0.4, -0.2) is 34.7 Å². The van der Waals surface area contributed by atoms with Gasteiger partial charge in [0.1, 0.15) is 17.9 Å². The molecule has 0 saturated carbocycles. The van der Waals surface area contributed by atoms with Crippen molar-refractivity contribution in [3.63, 3.8) is 0 Å². The van der Waals surface area contributed by atoms with E-state index in [1.807, 2.05) is 0 Å². The highest BCUT2D eigenvalue weighted by Gasteiger charge is 2.43. The van der Waals surface area contributed by atoms with E-state index in [1.165, 1.54) is 23.1 Å². The summed E-state index contributed by atoms with van der Waals surface area (Å²) >= 11 is 0. The van der Waals surface area contributed by atoms with E-state index in [4.69, 9.17) is 0 Å². The van der Waals surface area contributed by atoms with Crippen molar-refractivity contribution >= 4 is 17.7 Å². The van der Waals surface area contributed by atoms with Gasteiger partial charge in [-0.2, -0.15) is 0 Å². The number of aryl methyl sites for hydroxylation is 1. The lowest BCUT2D eigenvalue weighted by molar-refractivity contribution is -0.143. The number of carbonyl (C=O) groups is 3. The molecule has 20 heavy (non-hydrogen) atoms. The summed E-state index contributed by atoms with van der Waals surface area (Å²) in [6.07, 6.45) is 0. The molecule has 5 nitrogen and oxygen atoms in total. The van der Waals surface area contributed by atoms with E-state index in [2.05, 4.69) is 5.32 Å². The van der Waals surface area contributed by atoms with Gasteiger partial charge in [0.15, 0.2) is 0 Å². The maximum Gasteiger partial charge on any atom is 0.255 e. The smallest absolute Gasteiger partial charge is 0.255 e. The topological polar surface area (TPSA) is 66.5 Å². The number of imide groups is 1. The van der Waals surface area contributed by atoms with E-state index in [0.717, 1.165) is 0 Å². The van der Waals surface area contributed by atoms with Crippen molar-refractivity contribution in [3.05, 3.63) is 35.1 Å². The minimum atomic E-state index is -1.13. The highest BCUT2D eigenvalue weighted by Crippen LogP contribution is 2.22. The largest absolute Gasteiger partial charge is 0.315 e. The predicted octanol–water partition coefficient (Wildman–Crippen LogP) is 1.01. The Kier molecular flexibility index (Phi) is 3.33. The zero-order valence-corrected chi connectivity index (χ0v) is 11.5. The minimum Gasteiger partial charge on any atom is -0.315 e. The summed E-state index contributed by atoms with van der Waals surface area (Å²) in [6.45, 7) is 4.53. The van der Waals surface area contributed by atoms with Crippen molar-refractivity contribution in [2.45, 2.75) is 26.3 Å². The Hall–Kier alpha value is -2.24. The van der Waals surface area contributed by atoms with Gasteiger partial charge in [0.2, 0.25) is 5.91 Å². The Morgan fingerprint density at radius 1 is 1.35 bits per heavy atom. The van der Waals surface area contributed by atoms with Gasteiger partial charge in [-0.05, 0) is 44.5 Å². The van der Waals surface area contributed by atoms with Crippen LogP contribution in [0.5, 0.6) is 0 Å². The van der Waals surface area contributed by atoms with E-state index >= 15 is 0 Å². The summed E-state index contributed by atoms with van der Waals surface area (Å²) in [5.41, 5.74) is -0.391. The Balaban J connectivity index is 2.40.